The van der Waals surface area contributed by atoms with Gasteiger partial charge in [-0.15, -0.1) is 0 Å². The van der Waals surface area contributed by atoms with Crippen LogP contribution in [0, 0.1) is 11.8 Å². The molecule has 0 spiro atoms. The lowest BCUT2D eigenvalue weighted by molar-refractivity contribution is 0.206. The molecule has 0 aromatic heterocycles. The van der Waals surface area contributed by atoms with E-state index in [0.717, 1.165) is 11.8 Å². The Hall–Kier alpha value is 0. The van der Waals surface area contributed by atoms with E-state index < -0.39 is 0 Å². The average molecular weight is 128 g/mol. The van der Waals surface area contributed by atoms with Crippen molar-refractivity contribution < 1.29 is 0 Å². The highest BCUT2D eigenvalue weighted by molar-refractivity contribution is 4.74. The lowest BCUT2D eigenvalue weighted by Crippen LogP contribution is -2.19. The molecule has 1 fully saturated rings. The zero-order valence-corrected chi connectivity index (χ0v) is 7.28. The molecule has 0 amide bonds. The van der Waals surface area contributed by atoms with Crippen LogP contribution in [0.3, 0.4) is 0 Å². The van der Waals surface area contributed by atoms with Gasteiger partial charge in [-0.2, -0.15) is 0 Å². The van der Waals surface area contributed by atoms with Gasteiger partial charge in [0, 0.05) is 0 Å². The van der Waals surface area contributed by atoms with Crippen LogP contribution in [0.15, 0.2) is 0 Å². The Morgan fingerprint density at radius 1 is 1.22 bits per heavy atom. The highest BCUT2D eigenvalue weighted by Crippen LogP contribution is 2.34. The third kappa shape index (κ3) is 2.88. The third-order valence-electron chi connectivity index (χ3n) is 2.05. The summed E-state index contributed by atoms with van der Waals surface area (Å²) in [6, 6.07) is 0. The van der Waals surface area contributed by atoms with Crippen LogP contribution in [-0.2, 0) is 0 Å². The van der Waals surface area contributed by atoms with Crippen molar-refractivity contribution in [1.29, 1.82) is 0 Å². The summed E-state index contributed by atoms with van der Waals surface area (Å²) in [6.07, 6.45) is 4.40. The molecule has 0 bridgehead atoms. The molecule has 56 valence electrons. The van der Waals surface area contributed by atoms with Crippen molar-refractivity contribution in [2.45, 2.75) is 47.0 Å². The highest BCUT2D eigenvalue weighted by atomic mass is 14.3. The fourth-order valence-electron chi connectivity index (χ4n) is 1.40. The molecule has 0 saturated heterocycles. The highest BCUT2D eigenvalue weighted by Gasteiger charge is 2.22. The molecule has 0 heteroatoms. The third-order valence-corrected chi connectivity index (χ3v) is 2.05. The molecular formula is C9H20. The van der Waals surface area contributed by atoms with E-state index in [-0.39, 0.29) is 0 Å². The van der Waals surface area contributed by atoms with Crippen LogP contribution >= 0.6 is 0 Å². The van der Waals surface area contributed by atoms with Crippen LogP contribution < -0.4 is 0 Å². The standard InChI is InChI=1S/C7H14.C2H6/c1-3-7-4-6(2)5-7;1-2/h6-7H,3-5H2,1-2H3;1-2H3. The summed E-state index contributed by atoms with van der Waals surface area (Å²) in [6.45, 7) is 8.63. The molecule has 0 radical (unpaired) electrons. The zero-order chi connectivity index (χ0) is 7.28. The van der Waals surface area contributed by atoms with E-state index in [1.165, 1.54) is 19.3 Å². The van der Waals surface area contributed by atoms with E-state index in [4.69, 9.17) is 0 Å². The molecule has 0 aromatic carbocycles. The van der Waals surface area contributed by atoms with Gasteiger partial charge in [-0.25, -0.2) is 0 Å². The van der Waals surface area contributed by atoms with Crippen molar-refractivity contribution >= 4 is 0 Å². The van der Waals surface area contributed by atoms with E-state index in [0.29, 0.717) is 0 Å². The molecule has 1 aliphatic rings. The number of rotatable bonds is 1. The van der Waals surface area contributed by atoms with Crippen LogP contribution in [0.2, 0.25) is 0 Å². The predicted octanol–water partition coefficient (Wildman–Crippen LogP) is 3.47. The van der Waals surface area contributed by atoms with Gasteiger partial charge in [0.05, 0.1) is 0 Å². The molecular weight excluding hydrogens is 108 g/mol. The van der Waals surface area contributed by atoms with Gasteiger partial charge in [0.25, 0.3) is 0 Å². The van der Waals surface area contributed by atoms with E-state index in [9.17, 15) is 0 Å². The molecule has 1 aliphatic carbocycles. The van der Waals surface area contributed by atoms with Crippen LogP contribution in [0.1, 0.15) is 47.0 Å². The summed E-state index contributed by atoms with van der Waals surface area (Å²) in [5.41, 5.74) is 0. The van der Waals surface area contributed by atoms with Gasteiger partial charge >= 0.3 is 0 Å². The summed E-state index contributed by atoms with van der Waals surface area (Å²) in [7, 11) is 0. The van der Waals surface area contributed by atoms with Gasteiger partial charge in [0.2, 0.25) is 0 Å². The maximum atomic E-state index is 2.34. The van der Waals surface area contributed by atoms with Crippen LogP contribution in [0.25, 0.3) is 0 Å². The minimum Gasteiger partial charge on any atom is -0.0683 e. The van der Waals surface area contributed by atoms with Gasteiger partial charge in [0.15, 0.2) is 0 Å². The smallest absolute Gasteiger partial charge is 0.0412 e. The van der Waals surface area contributed by atoms with E-state index in [1.54, 1.807) is 0 Å². The first-order valence-electron chi connectivity index (χ1n) is 4.33. The van der Waals surface area contributed by atoms with Gasteiger partial charge in [0.1, 0.15) is 0 Å². The minimum absolute atomic E-state index is 1.05. The normalized spacial score (nSPS) is 32.0. The molecule has 1 rings (SSSR count). The van der Waals surface area contributed by atoms with Gasteiger partial charge in [-0.05, 0) is 24.7 Å². The number of hydrogen-bond donors (Lipinski definition) is 0. The molecule has 0 atom stereocenters. The quantitative estimate of drug-likeness (QED) is 0.507. The molecule has 9 heavy (non-hydrogen) atoms. The first-order chi connectivity index (χ1) is 4.33. The second-order valence-electron chi connectivity index (χ2n) is 2.85. The Bertz CT molecular complexity index is 51.1. The van der Waals surface area contributed by atoms with E-state index in [1.807, 2.05) is 13.8 Å². The lowest BCUT2D eigenvalue weighted by atomic mass is 9.75. The van der Waals surface area contributed by atoms with E-state index >= 15 is 0 Å². The summed E-state index contributed by atoms with van der Waals surface area (Å²) in [5.74, 6) is 2.14. The van der Waals surface area contributed by atoms with Crippen molar-refractivity contribution in [3.63, 3.8) is 0 Å². The Morgan fingerprint density at radius 2 is 1.67 bits per heavy atom. The molecule has 0 N–H and O–H groups in total. The largest absolute Gasteiger partial charge is 0.0683 e. The van der Waals surface area contributed by atoms with Gasteiger partial charge < -0.3 is 0 Å². The van der Waals surface area contributed by atoms with E-state index in [2.05, 4.69) is 13.8 Å². The van der Waals surface area contributed by atoms with Crippen LogP contribution in [0.5, 0.6) is 0 Å². The second kappa shape index (κ2) is 4.84. The van der Waals surface area contributed by atoms with Crippen molar-refractivity contribution in [3.05, 3.63) is 0 Å². The average Bonchev–Trinajstić information content (AvgIpc) is 1.86. The van der Waals surface area contributed by atoms with Crippen LogP contribution in [0.4, 0.5) is 0 Å². The Morgan fingerprint density at radius 3 is 1.78 bits per heavy atom. The van der Waals surface area contributed by atoms with Crippen LogP contribution in [-0.4, -0.2) is 0 Å². The lowest BCUT2D eigenvalue weighted by Gasteiger charge is -2.31. The summed E-state index contributed by atoms with van der Waals surface area (Å²) >= 11 is 0. The fraction of sp³-hybridized carbons (Fsp3) is 1.00. The van der Waals surface area contributed by atoms with Crippen molar-refractivity contribution in [1.82, 2.24) is 0 Å². The SMILES string of the molecule is CC.CCC1CC(C)C1. The summed E-state index contributed by atoms with van der Waals surface area (Å²) < 4.78 is 0. The predicted molar refractivity (Wildman–Crippen MR) is 43.5 cm³/mol. The first-order valence-corrected chi connectivity index (χ1v) is 4.33. The Balaban J connectivity index is 0.000000291. The molecule has 0 nitrogen and oxygen atoms in total. The topological polar surface area (TPSA) is 0 Å². The van der Waals surface area contributed by atoms with Crippen molar-refractivity contribution in [2.24, 2.45) is 11.8 Å². The Kier molecular flexibility index (Phi) is 4.84. The van der Waals surface area contributed by atoms with Crippen molar-refractivity contribution in [3.8, 4) is 0 Å². The first kappa shape index (κ1) is 9.00. The molecule has 0 aliphatic heterocycles. The Labute approximate surface area is 59.7 Å². The molecule has 0 aromatic rings. The number of hydrogen-bond acceptors (Lipinski definition) is 0. The second-order valence-corrected chi connectivity index (χ2v) is 2.85. The van der Waals surface area contributed by atoms with Gasteiger partial charge in [-0.3, -0.25) is 0 Å². The summed E-state index contributed by atoms with van der Waals surface area (Å²) in [5, 5.41) is 0. The fourth-order valence-corrected chi connectivity index (χ4v) is 1.40. The maximum absolute atomic E-state index is 2.34. The molecule has 0 heterocycles. The van der Waals surface area contributed by atoms with Crippen molar-refractivity contribution in [2.75, 3.05) is 0 Å². The maximum Gasteiger partial charge on any atom is -0.0412 e. The molecule has 0 unspecified atom stereocenters. The van der Waals surface area contributed by atoms with Gasteiger partial charge in [-0.1, -0.05) is 34.1 Å². The molecule has 1 saturated carbocycles. The minimum atomic E-state index is 1.05. The monoisotopic (exact) mass is 128 g/mol. The zero-order valence-electron chi connectivity index (χ0n) is 7.28. The summed E-state index contributed by atoms with van der Waals surface area (Å²) in [4.78, 5) is 0.